The molecule has 2 aromatic heterocycles. The Labute approximate surface area is 135 Å². The maximum absolute atomic E-state index is 13.1. The van der Waals surface area contributed by atoms with Crippen LogP contribution in [0.15, 0.2) is 59.4 Å². The summed E-state index contributed by atoms with van der Waals surface area (Å²) in [5.41, 5.74) is 7.89. The van der Waals surface area contributed by atoms with E-state index in [9.17, 15) is 9.59 Å². The smallest absolute Gasteiger partial charge is 0.264 e. The minimum absolute atomic E-state index is 0.140. The molecule has 0 bridgehead atoms. The number of primary amides is 1. The van der Waals surface area contributed by atoms with Crippen molar-refractivity contribution in [1.82, 2.24) is 9.38 Å². The van der Waals surface area contributed by atoms with Crippen LogP contribution in [0.3, 0.4) is 0 Å². The van der Waals surface area contributed by atoms with Crippen molar-refractivity contribution in [3.8, 4) is 0 Å². The standard InChI is InChI=1S/C19H11N3O2/c20-17(23)11-8-9-12-16-10(11)4-3-5-13(16)19(24)22-15-7-2-1-6-14(15)21-18(12)22/h1-9H,(H2,20,23). The maximum atomic E-state index is 13.1. The number of aromatic nitrogens is 2. The second-order valence-electron chi connectivity index (χ2n) is 5.82. The van der Waals surface area contributed by atoms with Crippen molar-refractivity contribution in [1.29, 1.82) is 0 Å². The first-order chi connectivity index (χ1) is 11.7. The number of hydrogen-bond donors (Lipinski definition) is 1. The lowest BCUT2D eigenvalue weighted by atomic mass is 9.98. The number of pyridine rings is 1. The highest BCUT2D eigenvalue weighted by Crippen LogP contribution is 2.31. The molecule has 1 amide bonds. The number of amides is 1. The van der Waals surface area contributed by atoms with Gasteiger partial charge in [-0.3, -0.25) is 14.0 Å². The van der Waals surface area contributed by atoms with Gasteiger partial charge in [-0.2, -0.15) is 0 Å². The fourth-order valence-electron chi connectivity index (χ4n) is 3.52. The van der Waals surface area contributed by atoms with Crippen molar-refractivity contribution in [2.24, 2.45) is 5.73 Å². The number of benzene rings is 3. The van der Waals surface area contributed by atoms with E-state index in [0.717, 1.165) is 21.8 Å². The van der Waals surface area contributed by atoms with Gasteiger partial charge < -0.3 is 5.73 Å². The Hall–Kier alpha value is -3.47. The minimum atomic E-state index is -0.509. The second kappa shape index (κ2) is 4.29. The number of nitrogens with zero attached hydrogens (tertiary/aromatic N) is 2. The van der Waals surface area contributed by atoms with Crippen LogP contribution in [0.5, 0.6) is 0 Å². The molecule has 0 atom stereocenters. The lowest BCUT2D eigenvalue weighted by Gasteiger charge is -2.09. The van der Waals surface area contributed by atoms with Gasteiger partial charge in [0.2, 0.25) is 5.91 Å². The molecule has 0 aliphatic carbocycles. The van der Waals surface area contributed by atoms with Crippen molar-refractivity contribution in [2.75, 3.05) is 0 Å². The minimum Gasteiger partial charge on any atom is -0.366 e. The SMILES string of the molecule is NC(=O)c1ccc2c3c1cccc3c(=O)n1c3ccccc3nc21. The summed E-state index contributed by atoms with van der Waals surface area (Å²) in [4.78, 5) is 29.4. The fraction of sp³-hybridized carbons (Fsp3) is 0. The monoisotopic (exact) mass is 313 g/mol. The maximum Gasteiger partial charge on any atom is 0.264 e. The first-order valence-corrected chi connectivity index (χ1v) is 7.55. The van der Waals surface area contributed by atoms with Crippen LogP contribution < -0.4 is 11.3 Å². The molecule has 24 heavy (non-hydrogen) atoms. The van der Waals surface area contributed by atoms with Gasteiger partial charge in [0.25, 0.3) is 5.56 Å². The van der Waals surface area contributed by atoms with Crippen LogP contribution >= 0.6 is 0 Å². The fourth-order valence-corrected chi connectivity index (χ4v) is 3.52. The Morgan fingerprint density at radius 2 is 1.71 bits per heavy atom. The van der Waals surface area contributed by atoms with E-state index >= 15 is 0 Å². The Kier molecular flexibility index (Phi) is 2.33. The van der Waals surface area contributed by atoms with Crippen molar-refractivity contribution in [3.05, 3.63) is 70.5 Å². The molecule has 0 fully saturated rings. The average molecular weight is 313 g/mol. The quantitative estimate of drug-likeness (QED) is 0.517. The molecular formula is C19H11N3O2. The van der Waals surface area contributed by atoms with E-state index in [2.05, 4.69) is 4.98 Å². The van der Waals surface area contributed by atoms with E-state index in [1.807, 2.05) is 36.4 Å². The third kappa shape index (κ3) is 1.46. The number of para-hydroxylation sites is 2. The van der Waals surface area contributed by atoms with Crippen molar-refractivity contribution < 1.29 is 4.79 Å². The molecule has 5 nitrogen and oxygen atoms in total. The molecule has 3 aromatic carbocycles. The number of rotatable bonds is 1. The number of hydrogen-bond acceptors (Lipinski definition) is 3. The molecule has 0 aliphatic heterocycles. The van der Waals surface area contributed by atoms with E-state index in [4.69, 9.17) is 5.73 Å². The van der Waals surface area contributed by atoms with Crippen molar-refractivity contribution >= 4 is 44.1 Å². The van der Waals surface area contributed by atoms with Crippen LogP contribution in [-0.4, -0.2) is 15.3 Å². The highest BCUT2D eigenvalue weighted by Gasteiger charge is 2.18. The summed E-state index contributed by atoms with van der Waals surface area (Å²) in [6, 6.07) is 16.4. The normalized spacial score (nSPS) is 11.8. The topological polar surface area (TPSA) is 77.5 Å². The molecule has 5 aromatic rings. The summed E-state index contributed by atoms with van der Waals surface area (Å²) in [6.45, 7) is 0. The lowest BCUT2D eigenvalue weighted by Crippen LogP contribution is -2.15. The van der Waals surface area contributed by atoms with Crippen molar-refractivity contribution in [2.45, 2.75) is 0 Å². The summed E-state index contributed by atoms with van der Waals surface area (Å²) in [6.07, 6.45) is 0. The summed E-state index contributed by atoms with van der Waals surface area (Å²) in [5, 5.41) is 2.81. The molecule has 0 aliphatic rings. The first kappa shape index (κ1) is 13.0. The summed E-state index contributed by atoms with van der Waals surface area (Å²) >= 11 is 0. The van der Waals surface area contributed by atoms with Crippen LogP contribution in [-0.2, 0) is 0 Å². The Bertz CT molecular complexity index is 1350. The van der Waals surface area contributed by atoms with E-state index in [1.165, 1.54) is 0 Å². The van der Waals surface area contributed by atoms with E-state index in [-0.39, 0.29) is 5.56 Å². The molecular weight excluding hydrogens is 302 g/mol. The molecule has 2 heterocycles. The zero-order chi connectivity index (χ0) is 16.4. The number of carbonyl (C=O) groups excluding carboxylic acids is 1. The molecule has 0 radical (unpaired) electrons. The van der Waals surface area contributed by atoms with E-state index in [1.54, 1.807) is 22.6 Å². The third-order valence-corrected chi connectivity index (χ3v) is 4.54. The van der Waals surface area contributed by atoms with Crippen LogP contribution in [0.25, 0.3) is 38.2 Å². The van der Waals surface area contributed by atoms with Gasteiger partial charge in [0.15, 0.2) is 0 Å². The number of nitrogens with two attached hydrogens (primary N) is 1. The van der Waals surface area contributed by atoms with Gasteiger partial charge in [0, 0.05) is 21.7 Å². The van der Waals surface area contributed by atoms with Gasteiger partial charge in [-0.05, 0) is 35.7 Å². The van der Waals surface area contributed by atoms with Gasteiger partial charge in [-0.15, -0.1) is 0 Å². The molecule has 0 spiro atoms. The zero-order valence-electron chi connectivity index (χ0n) is 12.5. The molecule has 0 unspecified atom stereocenters. The molecule has 114 valence electrons. The van der Waals surface area contributed by atoms with Crippen LogP contribution in [0.1, 0.15) is 10.4 Å². The predicted octanol–water partition coefficient (Wildman–Crippen LogP) is 2.69. The molecule has 2 N–H and O–H groups in total. The van der Waals surface area contributed by atoms with Gasteiger partial charge in [0.05, 0.1) is 11.0 Å². The van der Waals surface area contributed by atoms with Gasteiger partial charge in [-0.25, -0.2) is 4.98 Å². The molecule has 0 saturated carbocycles. The third-order valence-electron chi connectivity index (χ3n) is 4.54. The number of imidazole rings is 1. The zero-order valence-corrected chi connectivity index (χ0v) is 12.5. The average Bonchev–Trinajstić information content (AvgIpc) is 2.98. The predicted molar refractivity (Wildman–Crippen MR) is 93.7 cm³/mol. The Morgan fingerprint density at radius 1 is 0.917 bits per heavy atom. The molecule has 5 rings (SSSR count). The Balaban J connectivity index is 2.18. The number of fused-ring (bicyclic) bond motifs is 4. The summed E-state index contributed by atoms with van der Waals surface area (Å²) in [5.74, 6) is -0.509. The van der Waals surface area contributed by atoms with Crippen LogP contribution in [0.2, 0.25) is 0 Å². The van der Waals surface area contributed by atoms with Gasteiger partial charge >= 0.3 is 0 Å². The summed E-state index contributed by atoms with van der Waals surface area (Å²) < 4.78 is 1.64. The molecule has 5 heteroatoms. The highest BCUT2D eigenvalue weighted by molar-refractivity contribution is 6.20. The number of carbonyl (C=O) groups is 1. The lowest BCUT2D eigenvalue weighted by molar-refractivity contribution is 0.100. The Morgan fingerprint density at radius 3 is 2.54 bits per heavy atom. The van der Waals surface area contributed by atoms with Gasteiger partial charge in [-0.1, -0.05) is 24.3 Å². The highest BCUT2D eigenvalue weighted by atomic mass is 16.1. The summed E-state index contributed by atoms with van der Waals surface area (Å²) in [7, 11) is 0. The van der Waals surface area contributed by atoms with E-state index in [0.29, 0.717) is 22.0 Å². The van der Waals surface area contributed by atoms with Crippen molar-refractivity contribution in [3.63, 3.8) is 0 Å². The first-order valence-electron chi connectivity index (χ1n) is 7.55. The van der Waals surface area contributed by atoms with Crippen LogP contribution in [0.4, 0.5) is 0 Å². The van der Waals surface area contributed by atoms with E-state index < -0.39 is 5.91 Å². The largest absolute Gasteiger partial charge is 0.366 e. The molecule has 0 saturated heterocycles. The van der Waals surface area contributed by atoms with Gasteiger partial charge in [0.1, 0.15) is 5.65 Å². The van der Waals surface area contributed by atoms with Crippen LogP contribution in [0, 0.1) is 0 Å². The second-order valence-corrected chi connectivity index (χ2v) is 5.82.